The number of carbonyl (C=O) groups excluding carboxylic acids is 1. The molecule has 1 saturated heterocycles. The molecule has 2 aliphatic rings. The maximum Gasteiger partial charge on any atom is 0.410 e. The van der Waals surface area contributed by atoms with Crippen LogP contribution in [0.1, 0.15) is 52.9 Å². The van der Waals surface area contributed by atoms with Gasteiger partial charge in [-0.05, 0) is 52.4 Å². The van der Waals surface area contributed by atoms with E-state index in [0.717, 1.165) is 12.8 Å². The lowest BCUT2D eigenvalue weighted by molar-refractivity contribution is -0.00916. The van der Waals surface area contributed by atoms with E-state index in [0.29, 0.717) is 32.2 Å². The van der Waals surface area contributed by atoms with Crippen molar-refractivity contribution >= 4 is 6.09 Å². The molecule has 1 aliphatic carbocycles. The van der Waals surface area contributed by atoms with E-state index in [-0.39, 0.29) is 18.6 Å². The fourth-order valence-electron chi connectivity index (χ4n) is 3.49. The molecule has 24 heavy (non-hydrogen) atoms. The lowest BCUT2D eigenvalue weighted by Gasteiger charge is -2.41. The van der Waals surface area contributed by atoms with Crippen LogP contribution in [0.3, 0.4) is 0 Å². The van der Waals surface area contributed by atoms with E-state index in [2.05, 4.69) is 4.90 Å². The zero-order chi connectivity index (χ0) is 17.7. The quantitative estimate of drug-likeness (QED) is 0.770. The van der Waals surface area contributed by atoms with Gasteiger partial charge in [0.25, 0.3) is 0 Å². The fourth-order valence-corrected chi connectivity index (χ4v) is 3.49. The van der Waals surface area contributed by atoms with Gasteiger partial charge in [-0.1, -0.05) is 6.42 Å². The number of rotatable bonds is 6. The molecule has 2 N–H and O–H groups in total. The molecule has 140 valence electrons. The second-order valence-corrected chi connectivity index (χ2v) is 8.18. The minimum atomic E-state index is -0.471. The molecule has 2 fully saturated rings. The first-order valence-electron chi connectivity index (χ1n) is 9.31. The molecule has 1 heterocycles. The predicted molar refractivity (Wildman–Crippen MR) is 92.8 cm³/mol. The fraction of sp³-hybridized carbons (Fsp3) is 0.944. The highest BCUT2D eigenvalue weighted by Crippen LogP contribution is 2.27. The van der Waals surface area contributed by atoms with Gasteiger partial charge in [0.15, 0.2) is 0 Å². The molecule has 1 atom stereocenters. The van der Waals surface area contributed by atoms with Crippen LogP contribution >= 0.6 is 0 Å². The van der Waals surface area contributed by atoms with Gasteiger partial charge in [-0.15, -0.1) is 0 Å². The summed E-state index contributed by atoms with van der Waals surface area (Å²) in [5.41, 5.74) is -0.471. The molecule has 0 aromatic carbocycles. The van der Waals surface area contributed by atoms with Crippen LogP contribution in [0.5, 0.6) is 0 Å². The van der Waals surface area contributed by atoms with E-state index in [1.54, 1.807) is 4.90 Å². The van der Waals surface area contributed by atoms with E-state index >= 15 is 0 Å². The van der Waals surface area contributed by atoms with Crippen molar-refractivity contribution < 1.29 is 19.7 Å². The second kappa shape index (κ2) is 8.50. The van der Waals surface area contributed by atoms with Crippen molar-refractivity contribution in [1.29, 1.82) is 0 Å². The van der Waals surface area contributed by atoms with E-state index in [1.807, 2.05) is 20.8 Å². The van der Waals surface area contributed by atoms with Crippen molar-refractivity contribution in [2.24, 2.45) is 5.92 Å². The minimum Gasteiger partial charge on any atom is -0.444 e. The summed E-state index contributed by atoms with van der Waals surface area (Å²) in [4.78, 5) is 16.1. The second-order valence-electron chi connectivity index (χ2n) is 8.18. The van der Waals surface area contributed by atoms with Gasteiger partial charge in [0.1, 0.15) is 5.60 Å². The Morgan fingerprint density at radius 2 is 1.88 bits per heavy atom. The summed E-state index contributed by atoms with van der Waals surface area (Å²) in [7, 11) is 0. The summed E-state index contributed by atoms with van der Waals surface area (Å²) in [5.74, 6) is 0.213. The zero-order valence-electron chi connectivity index (χ0n) is 15.4. The zero-order valence-corrected chi connectivity index (χ0v) is 15.4. The normalized spacial score (nSPS) is 21.7. The predicted octanol–water partition coefficient (Wildman–Crippen LogP) is 1.84. The Hall–Kier alpha value is -0.850. The van der Waals surface area contributed by atoms with Crippen LogP contribution in [0.25, 0.3) is 0 Å². The maximum atomic E-state index is 12.1. The van der Waals surface area contributed by atoms with Gasteiger partial charge < -0.3 is 19.8 Å². The van der Waals surface area contributed by atoms with Gasteiger partial charge in [-0.25, -0.2) is 4.79 Å². The summed E-state index contributed by atoms with van der Waals surface area (Å²) < 4.78 is 5.41. The molecule has 1 saturated carbocycles. The average Bonchev–Trinajstić information content (AvgIpc) is 2.44. The standard InChI is InChI=1S/C18H34N2O4/c1-18(2,3)24-17(23)19-9-7-14(8-10-19)16(22)13-20(11-12-21)15-5-4-6-15/h14-16,21-22H,4-13H2,1-3H3. The SMILES string of the molecule is CC(C)(C)OC(=O)N1CCC(C(O)CN(CCO)C2CCC2)CC1. The summed E-state index contributed by atoms with van der Waals surface area (Å²) in [6.07, 6.45) is 4.55. The number of piperidine rings is 1. The Morgan fingerprint density at radius 1 is 1.25 bits per heavy atom. The largest absolute Gasteiger partial charge is 0.444 e. The lowest BCUT2D eigenvalue weighted by atomic mass is 9.88. The van der Waals surface area contributed by atoms with Gasteiger partial charge in [0, 0.05) is 32.2 Å². The highest BCUT2D eigenvalue weighted by molar-refractivity contribution is 5.68. The molecule has 1 amide bonds. The highest BCUT2D eigenvalue weighted by atomic mass is 16.6. The van der Waals surface area contributed by atoms with Crippen molar-refractivity contribution in [3.05, 3.63) is 0 Å². The number of nitrogens with zero attached hydrogens (tertiary/aromatic N) is 2. The van der Waals surface area contributed by atoms with Crippen LogP contribution in [0, 0.1) is 5.92 Å². The van der Waals surface area contributed by atoms with Crippen LogP contribution in [0.15, 0.2) is 0 Å². The first-order chi connectivity index (χ1) is 11.3. The number of hydrogen-bond donors (Lipinski definition) is 2. The van der Waals surface area contributed by atoms with Crippen molar-refractivity contribution in [3.8, 4) is 0 Å². The molecule has 0 aromatic rings. The maximum absolute atomic E-state index is 12.1. The molecular formula is C18H34N2O4. The third kappa shape index (κ3) is 5.60. The number of amides is 1. The number of likely N-dealkylation sites (tertiary alicyclic amines) is 1. The van der Waals surface area contributed by atoms with Crippen LogP contribution in [0.4, 0.5) is 4.79 Å². The van der Waals surface area contributed by atoms with Crippen molar-refractivity contribution in [2.75, 3.05) is 32.8 Å². The van der Waals surface area contributed by atoms with E-state index in [9.17, 15) is 15.0 Å². The molecule has 6 heteroatoms. The number of aliphatic hydroxyl groups is 2. The number of aliphatic hydroxyl groups excluding tert-OH is 2. The van der Waals surface area contributed by atoms with Crippen molar-refractivity contribution in [1.82, 2.24) is 9.80 Å². The Labute approximate surface area is 145 Å². The van der Waals surface area contributed by atoms with Crippen LogP contribution in [-0.4, -0.2) is 76.6 Å². The van der Waals surface area contributed by atoms with E-state index in [1.165, 1.54) is 19.3 Å². The summed E-state index contributed by atoms with van der Waals surface area (Å²) in [6, 6.07) is 0.522. The van der Waals surface area contributed by atoms with Crippen LogP contribution in [-0.2, 0) is 4.74 Å². The molecular weight excluding hydrogens is 308 g/mol. The van der Waals surface area contributed by atoms with Gasteiger partial charge in [0.2, 0.25) is 0 Å². The minimum absolute atomic E-state index is 0.139. The van der Waals surface area contributed by atoms with Crippen molar-refractivity contribution in [2.45, 2.75) is 70.6 Å². The monoisotopic (exact) mass is 342 g/mol. The molecule has 0 radical (unpaired) electrons. The molecule has 1 unspecified atom stereocenters. The van der Waals surface area contributed by atoms with Gasteiger partial charge in [-0.3, -0.25) is 4.90 Å². The molecule has 0 spiro atoms. The van der Waals surface area contributed by atoms with Crippen molar-refractivity contribution in [3.63, 3.8) is 0 Å². The first kappa shape index (κ1) is 19.5. The molecule has 2 rings (SSSR count). The third-order valence-electron chi connectivity index (χ3n) is 5.14. The molecule has 1 aliphatic heterocycles. The third-order valence-corrected chi connectivity index (χ3v) is 5.14. The Bertz CT molecular complexity index is 398. The summed E-state index contributed by atoms with van der Waals surface area (Å²) in [5, 5.41) is 19.8. The lowest BCUT2D eigenvalue weighted by Crippen LogP contribution is -2.49. The van der Waals surface area contributed by atoms with E-state index in [4.69, 9.17) is 4.74 Å². The Kier molecular flexibility index (Phi) is 6.89. The topological polar surface area (TPSA) is 73.2 Å². The van der Waals surface area contributed by atoms with Gasteiger partial charge >= 0.3 is 6.09 Å². The molecule has 0 bridgehead atoms. The van der Waals surface area contributed by atoms with E-state index < -0.39 is 11.7 Å². The van der Waals surface area contributed by atoms with Gasteiger partial charge in [-0.2, -0.15) is 0 Å². The smallest absolute Gasteiger partial charge is 0.410 e. The molecule has 0 aromatic heterocycles. The Balaban J connectivity index is 1.77. The highest BCUT2D eigenvalue weighted by Gasteiger charge is 2.32. The van der Waals surface area contributed by atoms with Gasteiger partial charge in [0.05, 0.1) is 12.7 Å². The number of hydrogen-bond acceptors (Lipinski definition) is 5. The average molecular weight is 342 g/mol. The summed E-state index contributed by atoms with van der Waals surface area (Å²) >= 11 is 0. The Morgan fingerprint density at radius 3 is 2.33 bits per heavy atom. The number of ether oxygens (including phenoxy) is 1. The number of carbonyl (C=O) groups is 1. The first-order valence-corrected chi connectivity index (χ1v) is 9.31. The van der Waals surface area contributed by atoms with Crippen LogP contribution < -0.4 is 0 Å². The molecule has 6 nitrogen and oxygen atoms in total. The summed E-state index contributed by atoms with van der Waals surface area (Å²) in [6.45, 7) is 8.30. The van der Waals surface area contributed by atoms with Crippen LogP contribution in [0.2, 0.25) is 0 Å².